The molecule has 0 atom stereocenters. The summed E-state index contributed by atoms with van der Waals surface area (Å²) >= 11 is 1.52. The molecule has 0 aliphatic carbocycles. The van der Waals surface area contributed by atoms with Gasteiger partial charge in [-0.15, -0.1) is 0 Å². The fourth-order valence-electron chi connectivity index (χ4n) is 3.70. The van der Waals surface area contributed by atoms with Crippen molar-refractivity contribution in [1.29, 1.82) is 0 Å². The molecule has 0 spiro atoms. The van der Waals surface area contributed by atoms with Crippen molar-refractivity contribution in [1.82, 2.24) is 18.8 Å². The number of thioether (sulfide) groups is 1. The lowest BCUT2D eigenvalue weighted by Gasteiger charge is -2.22. The summed E-state index contributed by atoms with van der Waals surface area (Å²) in [5.41, 5.74) is 1.38. The fraction of sp³-hybridized carbons (Fsp3) is 0.273. The molecule has 4 rings (SSSR count). The Bertz CT molecular complexity index is 1210. The van der Waals surface area contributed by atoms with E-state index in [1.165, 1.54) is 28.2 Å². The first-order chi connectivity index (χ1) is 15.4. The van der Waals surface area contributed by atoms with Gasteiger partial charge in [0.2, 0.25) is 10.0 Å². The number of carbonyl (C=O) groups excluding carboxylic acids is 1. The van der Waals surface area contributed by atoms with Gasteiger partial charge in [0.15, 0.2) is 5.16 Å². The lowest BCUT2D eigenvalue weighted by molar-refractivity contribution is 0.0764. The highest BCUT2D eigenvalue weighted by atomic mass is 32.2. The second kappa shape index (κ2) is 9.43. The molecule has 2 aromatic carbocycles. The molecule has 0 saturated carbocycles. The van der Waals surface area contributed by atoms with Crippen molar-refractivity contribution in [2.75, 3.05) is 32.4 Å². The molecule has 10 heteroatoms. The number of hydrogen-bond donors (Lipinski definition) is 0. The summed E-state index contributed by atoms with van der Waals surface area (Å²) in [6, 6.07) is 12.1. The number of halogens is 1. The third-order valence-corrected chi connectivity index (χ3v) is 7.93. The van der Waals surface area contributed by atoms with Crippen LogP contribution in [-0.2, 0) is 10.0 Å². The van der Waals surface area contributed by atoms with Gasteiger partial charge in [-0.05, 0) is 55.1 Å². The molecule has 1 fully saturated rings. The molecule has 7 nitrogen and oxygen atoms in total. The van der Waals surface area contributed by atoms with Gasteiger partial charge in [-0.2, -0.15) is 4.31 Å². The highest BCUT2D eigenvalue weighted by molar-refractivity contribution is 7.98. The normalized spacial score (nSPS) is 15.5. The van der Waals surface area contributed by atoms with Crippen LogP contribution in [0.5, 0.6) is 0 Å². The number of amides is 1. The Morgan fingerprint density at radius 3 is 2.59 bits per heavy atom. The molecule has 0 bridgehead atoms. The van der Waals surface area contributed by atoms with Gasteiger partial charge in [-0.3, -0.25) is 9.36 Å². The van der Waals surface area contributed by atoms with Crippen molar-refractivity contribution in [3.63, 3.8) is 0 Å². The van der Waals surface area contributed by atoms with Gasteiger partial charge in [-0.1, -0.05) is 17.8 Å². The van der Waals surface area contributed by atoms with Gasteiger partial charge in [0.1, 0.15) is 5.82 Å². The van der Waals surface area contributed by atoms with Gasteiger partial charge in [-0.25, -0.2) is 17.8 Å². The molecule has 0 unspecified atom stereocenters. The van der Waals surface area contributed by atoms with Crippen molar-refractivity contribution < 1.29 is 17.6 Å². The maximum absolute atomic E-state index is 13.2. The van der Waals surface area contributed by atoms with Crippen LogP contribution in [0.4, 0.5) is 4.39 Å². The minimum atomic E-state index is -3.74. The molecule has 1 amide bonds. The van der Waals surface area contributed by atoms with Crippen LogP contribution in [0.15, 0.2) is 71.0 Å². The summed E-state index contributed by atoms with van der Waals surface area (Å²) in [5.74, 6) is -0.627. The molecule has 0 radical (unpaired) electrons. The number of sulfonamides is 1. The molecule has 1 aliphatic heterocycles. The number of carbonyl (C=O) groups is 1. The summed E-state index contributed by atoms with van der Waals surface area (Å²) < 4.78 is 42.3. The zero-order chi connectivity index (χ0) is 22.7. The highest BCUT2D eigenvalue weighted by Crippen LogP contribution is 2.21. The lowest BCUT2D eigenvalue weighted by Crippen LogP contribution is -2.37. The van der Waals surface area contributed by atoms with E-state index in [0.717, 1.165) is 23.0 Å². The van der Waals surface area contributed by atoms with Gasteiger partial charge in [0, 0.05) is 49.8 Å². The summed E-state index contributed by atoms with van der Waals surface area (Å²) in [4.78, 5) is 19.2. The van der Waals surface area contributed by atoms with Crippen molar-refractivity contribution >= 4 is 27.7 Å². The Morgan fingerprint density at radius 1 is 1.06 bits per heavy atom. The molecule has 1 saturated heterocycles. The maximum atomic E-state index is 13.2. The molecular formula is C22H23FN4O3S2. The van der Waals surface area contributed by atoms with E-state index in [-0.39, 0.29) is 23.9 Å². The van der Waals surface area contributed by atoms with E-state index in [0.29, 0.717) is 25.1 Å². The monoisotopic (exact) mass is 474 g/mol. The van der Waals surface area contributed by atoms with Crippen LogP contribution in [0.3, 0.4) is 0 Å². The van der Waals surface area contributed by atoms with E-state index in [4.69, 9.17) is 0 Å². The number of aromatic nitrogens is 2. The summed E-state index contributed by atoms with van der Waals surface area (Å²) in [6.07, 6.45) is 6.02. The van der Waals surface area contributed by atoms with E-state index in [9.17, 15) is 17.6 Å². The van der Waals surface area contributed by atoms with Crippen LogP contribution in [0.1, 0.15) is 16.8 Å². The quantitative estimate of drug-likeness (QED) is 0.531. The highest BCUT2D eigenvalue weighted by Gasteiger charge is 2.28. The minimum Gasteiger partial charge on any atom is -0.337 e. The molecule has 3 aromatic rings. The Morgan fingerprint density at radius 2 is 1.84 bits per heavy atom. The molecule has 1 aliphatic rings. The van der Waals surface area contributed by atoms with Crippen LogP contribution < -0.4 is 0 Å². The largest absolute Gasteiger partial charge is 0.337 e. The molecule has 32 heavy (non-hydrogen) atoms. The Balaban J connectivity index is 1.50. The standard InChI is InChI=1S/C22H23FN4O3S2/c1-31-22-24-10-13-27(22)19-5-2-4-17(16-19)21(28)25-11-3-12-26(15-14-25)32(29,30)20-8-6-18(23)7-9-20/h2,4-10,13,16H,3,11-12,14-15H2,1H3. The lowest BCUT2D eigenvalue weighted by atomic mass is 10.1. The molecular weight excluding hydrogens is 451 g/mol. The summed E-state index contributed by atoms with van der Waals surface area (Å²) in [5, 5.41) is 0.825. The Labute approximate surface area is 190 Å². The van der Waals surface area contributed by atoms with Crippen molar-refractivity contribution in [3.8, 4) is 5.69 Å². The zero-order valence-electron chi connectivity index (χ0n) is 17.5. The molecule has 0 N–H and O–H groups in total. The predicted octanol–water partition coefficient (Wildman–Crippen LogP) is 3.27. The van der Waals surface area contributed by atoms with Crippen LogP contribution >= 0.6 is 11.8 Å². The van der Waals surface area contributed by atoms with Crippen LogP contribution in [0.25, 0.3) is 5.69 Å². The second-order valence-corrected chi connectivity index (χ2v) is 10.0. The molecule has 2 heterocycles. The van der Waals surface area contributed by atoms with Gasteiger partial charge in [0.05, 0.1) is 4.90 Å². The third-order valence-electron chi connectivity index (χ3n) is 5.35. The van der Waals surface area contributed by atoms with Crippen molar-refractivity contribution in [2.45, 2.75) is 16.5 Å². The van der Waals surface area contributed by atoms with Crippen molar-refractivity contribution in [3.05, 3.63) is 72.3 Å². The third kappa shape index (κ3) is 4.57. The van der Waals surface area contributed by atoms with E-state index in [1.807, 2.05) is 35.2 Å². The van der Waals surface area contributed by atoms with Gasteiger partial charge < -0.3 is 4.90 Å². The minimum absolute atomic E-state index is 0.0521. The van der Waals surface area contributed by atoms with Crippen molar-refractivity contribution in [2.24, 2.45) is 0 Å². The van der Waals surface area contributed by atoms with E-state index in [2.05, 4.69) is 4.98 Å². The van der Waals surface area contributed by atoms with E-state index < -0.39 is 15.8 Å². The van der Waals surface area contributed by atoms with Crippen LogP contribution in [-0.4, -0.2) is 65.5 Å². The first-order valence-electron chi connectivity index (χ1n) is 10.1. The average molecular weight is 475 g/mol. The first kappa shape index (κ1) is 22.5. The van der Waals surface area contributed by atoms with Crippen LogP contribution in [0.2, 0.25) is 0 Å². The number of benzene rings is 2. The number of nitrogens with zero attached hydrogens (tertiary/aromatic N) is 4. The van der Waals surface area contributed by atoms with Gasteiger partial charge in [0.25, 0.3) is 5.91 Å². The average Bonchev–Trinajstić information content (AvgIpc) is 3.14. The number of hydrogen-bond acceptors (Lipinski definition) is 5. The predicted molar refractivity (Wildman–Crippen MR) is 121 cm³/mol. The molecule has 168 valence electrons. The Kier molecular flexibility index (Phi) is 6.63. The van der Waals surface area contributed by atoms with E-state index >= 15 is 0 Å². The summed E-state index contributed by atoms with van der Waals surface area (Å²) in [7, 11) is -3.74. The summed E-state index contributed by atoms with van der Waals surface area (Å²) in [6.45, 7) is 1.23. The first-order valence-corrected chi connectivity index (χ1v) is 12.8. The molecule has 1 aromatic heterocycles. The van der Waals surface area contributed by atoms with Crippen LogP contribution in [0, 0.1) is 5.82 Å². The zero-order valence-corrected chi connectivity index (χ0v) is 19.2. The van der Waals surface area contributed by atoms with E-state index in [1.54, 1.807) is 17.2 Å². The SMILES string of the molecule is CSc1nccn1-c1cccc(C(=O)N2CCCN(S(=O)(=O)c3ccc(F)cc3)CC2)c1. The second-order valence-electron chi connectivity index (χ2n) is 7.34. The smallest absolute Gasteiger partial charge is 0.253 e. The Hall–Kier alpha value is -2.69. The number of imidazole rings is 1. The number of rotatable bonds is 5. The fourth-order valence-corrected chi connectivity index (χ4v) is 5.70. The topological polar surface area (TPSA) is 75.5 Å². The van der Waals surface area contributed by atoms with Gasteiger partial charge >= 0.3 is 0 Å². The maximum Gasteiger partial charge on any atom is 0.253 e.